The molecule has 1 aromatic carbocycles. The minimum atomic E-state index is 0.152. The van der Waals surface area contributed by atoms with Crippen molar-refractivity contribution in [3.05, 3.63) is 35.9 Å². The van der Waals surface area contributed by atoms with E-state index in [1.807, 2.05) is 7.05 Å². The number of ether oxygens (including phenoxy) is 1. The maximum absolute atomic E-state index is 5.69. The van der Waals surface area contributed by atoms with Gasteiger partial charge < -0.3 is 20.3 Å². The van der Waals surface area contributed by atoms with Crippen LogP contribution in [-0.2, 0) is 4.74 Å². The van der Waals surface area contributed by atoms with Gasteiger partial charge in [-0.25, -0.2) is 0 Å². The van der Waals surface area contributed by atoms with Gasteiger partial charge in [0.15, 0.2) is 5.96 Å². The summed E-state index contributed by atoms with van der Waals surface area (Å²) in [5, 5.41) is 7.70. The number of hydrogen-bond acceptors (Lipinski definition) is 3. The van der Waals surface area contributed by atoms with Crippen molar-refractivity contribution < 1.29 is 4.74 Å². The Hall–Kier alpha value is -1.59. The molecule has 0 amide bonds. The lowest BCUT2D eigenvalue weighted by molar-refractivity contribution is 0.156. The molecule has 2 saturated heterocycles. The molecule has 5 heteroatoms. The van der Waals surface area contributed by atoms with Gasteiger partial charge in [-0.15, -0.1) is 0 Å². The zero-order valence-electron chi connectivity index (χ0n) is 17.5. The van der Waals surface area contributed by atoms with Crippen molar-refractivity contribution in [2.24, 2.45) is 10.4 Å². The first kappa shape index (κ1) is 19.7. The van der Waals surface area contributed by atoms with Crippen LogP contribution in [0.5, 0.6) is 0 Å². The third-order valence-corrected chi connectivity index (χ3v) is 7.10. The SMILES string of the molecule is CN=C(NCC1(NC(C)c2ccccc2)CCCC1)N1CCC2(CCOC2)C1. The molecule has 3 aliphatic rings. The number of nitrogens with one attached hydrogen (secondary N) is 2. The first-order valence-electron chi connectivity index (χ1n) is 11.0. The molecule has 0 radical (unpaired) electrons. The number of benzene rings is 1. The van der Waals surface area contributed by atoms with E-state index in [0.29, 0.717) is 11.5 Å². The molecule has 1 aromatic rings. The zero-order valence-corrected chi connectivity index (χ0v) is 17.5. The van der Waals surface area contributed by atoms with Gasteiger partial charge in [0.25, 0.3) is 0 Å². The van der Waals surface area contributed by atoms with Gasteiger partial charge in [0.05, 0.1) is 6.61 Å². The molecule has 2 aliphatic heterocycles. The molecule has 2 heterocycles. The Balaban J connectivity index is 1.38. The maximum atomic E-state index is 5.69. The molecule has 5 nitrogen and oxygen atoms in total. The molecule has 1 saturated carbocycles. The molecule has 2 unspecified atom stereocenters. The van der Waals surface area contributed by atoms with Crippen molar-refractivity contribution in [2.45, 2.75) is 57.0 Å². The standard InChI is InChI=1S/C23H36N4O/c1-19(20-8-4-3-5-9-20)26-23(10-6-7-11-23)16-25-21(24-2)27-14-12-22(17-27)13-15-28-18-22/h3-5,8-9,19,26H,6-7,10-18H2,1-2H3,(H,24,25). The van der Waals surface area contributed by atoms with E-state index in [1.54, 1.807) is 0 Å². The van der Waals surface area contributed by atoms with E-state index in [-0.39, 0.29) is 5.54 Å². The number of likely N-dealkylation sites (tertiary alicyclic amines) is 1. The molecule has 1 aliphatic carbocycles. The predicted octanol–water partition coefficient (Wildman–Crippen LogP) is 3.34. The normalized spacial score (nSPS) is 28.2. The van der Waals surface area contributed by atoms with E-state index in [4.69, 9.17) is 4.74 Å². The van der Waals surface area contributed by atoms with Crippen LogP contribution in [-0.4, -0.2) is 56.3 Å². The van der Waals surface area contributed by atoms with Gasteiger partial charge in [-0.1, -0.05) is 43.2 Å². The lowest BCUT2D eigenvalue weighted by atomic mass is 9.87. The molecule has 2 atom stereocenters. The van der Waals surface area contributed by atoms with Crippen molar-refractivity contribution in [1.29, 1.82) is 0 Å². The van der Waals surface area contributed by atoms with E-state index in [0.717, 1.165) is 38.8 Å². The van der Waals surface area contributed by atoms with E-state index in [9.17, 15) is 0 Å². The van der Waals surface area contributed by atoms with Crippen LogP contribution < -0.4 is 10.6 Å². The maximum Gasteiger partial charge on any atom is 0.193 e. The second kappa shape index (κ2) is 8.42. The van der Waals surface area contributed by atoms with Gasteiger partial charge in [0.2, 0.25) is 0 Å². The minimum Gasteiger partial charge on any atom is -0.381 e. The molecule has 154 valence electrons. The smallest absolute Gasteiger partial charge is 0.193 e. The molecule has 28 heavy (non-hydrogen) atoms. The summed E-state index contributed by atoms with van der Waals surface area (Å²) in [5.74, 6) is 1.06. The molecule has 1 spiro atoms. The van der Waals surface area contributed by atoms with Crippen LogP contribution in [0.3, 0.4) is 0 Å². The summed E-state index contributed by atoms with van der Waals surface area (Å²) >= 11 is 0. The Morgan fingerprint density at radius 2 is 1.96 bits per heavy atom. The summed E-state index contributed by atoms with van der Waals surface area (Å²) in [4.78, 5) is 7.06. The Morgan fingerprint density at radius 3 is 2.64 bits per heavy atom. The third kappa shape index (κ3) is 4.20. The van der Waals surface area contributed by atoms with Crippen molar-refractivity contribution in [3.63, 3.8) is 0 Å². The first-order chi connectivity index (χ1) is 13.6. The Morgan fingerprint density at radius 1 is 1.18 bits per heavy atom. The fourth-order valence-corrected chi connectivity index (χ4v) is 5.38. The highest BCUT2D eigenvalue weighted by Crippen LogP contribution is 2.38. The van der Waals surface area contributed by atoms with E-state index < -0.39 is 0 Å². The summed E-state index contributed by atoms with van der Waals surface area (Å²) in [7, 11) is 1.92. The van der Waals surface area contributed by atoms with Gasteiger partial charge in [0, 0.05) is 50.3 Å². The van der Waals surface area contributed by atoms with Crippen molar-refractivity contribution in [3.8, 4) is 0 Å². The summed E-state index contributed by atoms with van der Waals surface area (Å²) in [6, 6.07) is 11.1. The van der Waals surface area contributed by atoms with E-state index in [2.05, 4.69) is 57.8 Å². The van der Waals surface area contributed by atoms with Crippen molar-refractivity contribution in [1.82, 2.24) is 15.5 Å². The highest BCUT2D eigenvalue weighted by Gasteiger charge is 2.42. The number of hydrogen-bond donors (Lipinski definition) is 2. The van der Waals surface area contributed by atoms with Crippen LogP contribution in [0.4, 0.5) is 0 Å². The Bertz CT molecular complexity index is 662. The van der Waals surface area contributed by atoms with Crippen molar-refractivity contribution >= 4 is 5.96 Å². The van der Waals surface area contributed by atoms with Gasteiger partial charge in [-0.05, 0) is 38.2 Å². The van der Waals surface area contributed by atoms with Crippen LogP contribution in [0.25, 0.3) is 0 Å². The second-order valence-corrected chi connectivity index (χ2v) is 9.14. The van der Waals surface area contributed by atoms with Crippen LogP contribution in [0, 0.1) is 5.41 Å². The number of nitrogens with zero attached hydrogens (tertiary/aromatic N) is 2. The fourth-order valence-electron chi connectivity index (χ4n) is 5.38. The lowest BCUT2D eigenvalue weighted by Crippen LogP contribution is -2.54. The molecule has 4 rings (SSSR count). The van der Waals surface area contributed by atoms with Crippen LogP contribution in [0.15, 0.2) is 35.3 Å². The van der Waals surface area contributed by atoms with Gasteiger partial charge in [0.1, 0.15) is 0 Å². The van der Waals surface area contributed by atoms with Crippen molar-refractivity contribution in [2.75, 3.05) is 39.9 Å². The summed E-state index contributed by atoms with van der Waals surface area (Å²) in [6.07, 6.45) is 7.48. The predicted molar refractivity (Wildman–Crippen MR) is 115 cm³/mol. The number of guanidine groups is 1. The molecule has 3 fully saturated rings. The highest BCUT2D eigenvalue weighted by molar-refractivity contribution is 5.80. The first-order valence-corrected chi connectivity index (χ1v) is 11.0. The fraction of sp³-hybridized carbons (Fsp3) is 0.696. The summed E-state index contributed by atoms with van der Waals surface area (Å²) < 4.78 is 5.69. The highest BCUT2D eigenvalue weighted by atomic mass is 16.5. The molecular formula is C23H36N4O. The average molecular weight is 385 g/mol. The van der Waals surface area contributed by atoms with Gasteiger partial charge >= 0.3 is 0 Å². The molecule has 2 N–H and O–H groups in total. The average Bonchev–Trinajstić information content (AvgIpc) is 3.47. The zero-order chi connectivity index (χ0) is 19.5. The third-order valence-electron chi connectivity index (χ3n) is 7.10. The largest absolute Gasteiger partial charge is 0.381 e. The number of aliphatic imine (C=N–C) groups is 1. The minimum absolute atomic E-state index is 0.152. The molecule has 0 aromatic heterocycles. The van der Waals surface area contributed by atoms with Crippen LogP contribution in [0.1, 0.15) is 57.1 Å². The quantitative estimate of drug-likeness (QED) is 0.604. The van der Waals surface area contributed by atoms with Gasteiger partial charge in [-0.2, -0.15) is 0 Å². The van der Waals surface area contributed by atoms with E-state index >= 15 is 0 Å². The Labute approximate surface area is 169 Å². The monoisotopic (exact) mass is 384 g/mol. The van der Waals surface area contributed by atoms with Crippen LogP contribution in [0.2, 0.25) is 0 Å². The summed E-state index contributed by atoms with van der Waals surface area (Å²) in [5.41, 5.74) is 1.88. The second-order valence-electron chi connectivity index (χ2n) is 9.14. The topological polar surface area (TPSA) is 48.9 Å². The molecule has 0 bridgehead atoms. The molecular weight excluding hydrogens is 348 g/mol. The van der Waals surface area contributed by atoms with Gasteiger partial charge in [-0.3, -0.25) is 4.99 Å². The van der Waals surface area contributed by atoms with Crippen LogP contribution >= 0.6 is 0 Å². The van der Waals surface area contributed by atoms with E-state index in [1.165, 1.54) is 44.1 Å². The Kier molecular flexibility index (Phi) is 5.93. The summed E-state index contributed by atoms with van der Waals surface area (Å²) in [6.45, 7) is 7.23. The lowest BCUT2D eigenvalue weighted by Gasteiger charge is -2.36. The number of rotatable bonds is 5.